The Hall–Kier alpha value is -6.04. The lowest BCUT2D eigenvalue weighted by atomic mass is 9.97. The molecular weight excluding hydrogens is 605 g/mol. The van der Waals surface area contributed by atoms with Crippen LogP contribution in [0.15, 0.2) is 163 Å². The van der Waals surface area contributed by atoms with Crippen molar-refractivity contribution < 1.29 is 4.58 Å². The van der Waals surface area contributed by atoms with Crippen molar-refractivity contribution in [2.45, 2.75) is 6.04 Å². The van der Waals surface area contributed by atoms with Gasteiger partial charge in [-0.05, 0) is 82.9 Å². The number of pyridine rings is 2. The lowest BCUT2D eigenvalue weighted by Crippen LogP contribution is -2.26. The Morgan fingerprint density at radius 2 is 1.46 bits per heavy atom. The maximum Gasteiger partial charge on any atom is 0.332 e. The number of aliphatic imine (C=N–C) groups is 1. The SMILES string of the molecule is C1=CC2=NC(c3ccccc3)=[N+](c3ccc(-c4cccc5sc6ccc(-c7ccc8ccc9cccnc9c8n7)cc6c45)cc3)C2C=C1. The topological polar surface area (TPSA) is 41.1 Å². The highest BCUT2D eigenvalue weighted by Gasteiger charge is 2.37. The van der Waals surface area contributed by atoms with Crippen LogP contribution in [0.3, 0.4) is 0 Å². The van der Waals surface area contributed by atoms with Crippen LogP contribution in [0.4, 0.5) is 5.69 Å². The van der Waals surface area contributed by atoms with Gasteiger partial charge in [0.15, 0.2) is 6.04 Å². The van der Waals surface area contributed by atoms with Gasteiger partial charge in [-0.3, -0.25) is 4.98 Å². The van der Waals surface area contributed by atoms with Crippen molar-refractivity contribution in [2.75, 3.05) is 0 Å². The standard InChI is InChI=1S/C43H27N4S/c1-2-8-30(9-3-1)43-46-36-12-4-5-13-37(36)47(43)32-21-17-27(18-22-32)33-11-6-14-39-40(33)34-26-31(20-24-38(34)48-39)35-23-19-29-16-15-28-10-7-25-44-41(28)42(29)45-35/h1-26,37H/q+1. The van der Waals surface area contributed by atoms with Gasteiger partial charge in [-0.15, -0.1) is 11.3 Å². The van der Waals surface area contributed by atoms with Gasteiger partial charge in [0.1, 0.15) is 5.69 Å². The number of nitrogens with zero attached hydrogens (tertiary/aromatic N) is 4. The van der Waals surface area contributed by atoms with Crippen molar-refractivity contribution in [1.29, 1.82) is 0 Å². The molecule has 2 aliphatic rings. The van der Waals surface area contributed by atoms with Crippen molar-refractivity contribution in [1.82, 2.24) is 9.97 Å². The Labute approximate surface area is 281 Å². The van der Waals surface area contributed by atoms with Crippen LogP contribution in [0.1, 0.15) is 5.56 Å². The molecule has 5 aromatic carbocycles. The van der Waals surface area contributed by atoms with Gasteiger partial charge in [0.05, 0.1) is 22.3 Å². The van der Waals surface area contributed by atoms with Crippen molar-refractivity contribution in [2.24, 2.45) is 4.99 Å². The fourth-order valence-corrected chi connectivity index (χ4v) is 8.25. The quantitative estimate of drug-likeness (QED) is 0.143. The largest absolute Gasteiger partial charge is 0.332 e. The molecular formula is C43H27N4S+. The van der Waals surface area contributed by atoms with E-state index in [2.05, 4.69) is 149 Å². The van der Waals surface area contributed by atoms with Crippen molar-refractivity contribution in [3.63, 3.8) is 0 Å². The minimum absolute atomic E-state index is 0.0798. The predicted molar refractivity (Wildman–Crippen MR) is 201 cm³/mol. The molecule has 0 fully saturated rings. The van der Waals surface area contributed by atoms with Crippen LogP contribution in [0.5, 0.6) is 0 Å². The molecule has 3 aromatic heterocycles. The summed E-state index contributed by atoms with van der Waals surface area (Å²) in [5.41, 5.74) is 9.65. The number of amidine groups is 1. The molecule has 0 N–H and O–H groups in total. The molecule has 8 aromatic rings. The van der Waals surface area contributed by atoms with E-state index in [1.165, 1.54) is 31.3 Å². The van der Waals surface area contributed by atoms with Crippen molar-refractivity contribution in [3.8, 4) is 22.4 Å². The maximum absolute atomic E-state index is 5.15. The van der Waals surface area contributed by atoms with Crippen LogP contribution >= 0.6 is 11.3 Å². The van der Waals surface area contributed by atoms with Crippen molar-refractivity contribution >= 4 is 70.5 Å². The summed E-state index contributed by atoms with van der Waals surface area (Å²) >= 11 is 1.84. The molecule has 10 rings (SSSR count). The number of thiophene rings is 1. The number of hydrogen-bond donors (Lipinski definition) is 0. The van der Waals surface area contributed by atoms with Gasteiger partial charge in [0, 0.05) is 42.7 Å². The van der Waals surface area contributed by atoms with E-state index in [1.54, 1.807) is 0 Å². The van der Waals surface area contributed by atoms with Gasteiger partial charge in [0.25, 0.3) is 0 Å². The van der Waals surface area contributed by atoms with E-state index >= 15 is 0 Å². The van der Waals surface area contributed by atoms with Gasteiger partial charge in [-0.2, -0.15) is 0 Å². The molecule has 0 radical (unpaired) electrons. The summed E-state index contributed by atoms with van der Waals surface area (Å²) in [7, 11) is 0. The molecule has 1 aliphatic carbocycles. The van der Waals surface area contributed by atoms with Gasteiger partial charge < -0.3 is 0 Å². The summed E-state index contributed by atoms with van der Waals surface area (Å²) in [4.78, 5) is 14.9. The zero-order valence-corrected chi connectivity index (χ0v) is 26.6. The Morgan fingerprint density at radius 3 is 2.35 bits per heavy atom. The molecule has 224 valence electrons. The number of aromatic nitrogens is 2. The molecule has 0 saturated heterocycles. The number of benzene rings is 5. The van der Waals surface area contributed by atoms with E-state index in [0.29, 0.717) is 0 Å². The Kier molecular flexibility index (Phi) is 6.08. The van der Waals surface area contributed by atoms with E-state index in [-0.39, 0.29) is 6.04 Å². The molecule has 1 atom stereocenters. The molecule has 4 heterocycles. The second-order valence-corrected chi connectivity index (χ2v) is 13.3. The second-order valence-electron chi connectivity index (χ2n) is 12.2. The Morgan fingerprint density at radius 1 is 0.625 bits per heavy atom. The van der Waals surface area contributed by atoms with Crippen LogP contribution in [-0.4, -0.2) is 32.1 Å². The monoisotopic (exact) mass is 631 g/mol. The highest BCUT2D eigenvalue weighted by atomic mass is 32.1. The highest BCUT2D eigenvalue weighted by molar-refractivity contribution is 7.26. The zero-order chi connectivity index (χ0) is 31.6. The Balaban J connectivity index is 1.08. The van der Waals surface area contributed by atoms with Gasteiger partial charge >= 0.3 is 5.84 Å². The first kappa shape index (κ1) is 27.1. The van der Waals surface area contributed by atoms with Crippen LogP contribution in [0, 0.1) is 0 Å². The van der Waals surface area contributed by atoms with Crippen LogP contribution < -0.4 is 0 Å². The summed E-state index contributed by atoms with van der Waals surface area (Å²) in [5, 5.41) is 4.73. The molecule has 48 heavy (non-hydrogen) atoms. The minimum Gasteiger partial charge on any atom is -0.254 e. The third-order valence-corrected chi connectivity index (χ3v) is 10.6. The number of allylic oxidation sites excluding steroid dienone is 2. The lowest BCUT2D eigenvalue weighted by Gasteiger charge is -2.13. The van der Waals surface area contributed by atoms with Gasteiger partial charge in [0.2, 0.25) is 5.71 Å². The summed E-state index contributed by atoms with van der Waals surface area (Å²) in [6.45, 7) is 0. The van der Waals surface area contributed by atoms with E-state index in [1.807, 2.05) is 29.7 Å². The van der Waals surface area contributed by atoms with Crippen molar-refractivity contribution in [3.05, 3.63) is 163 Å². The average Bonchev–Trinajstić information content (AvgIpc) is 3.74. The summed E-state index contributed by atoms with van der Waals surface area (Å²) in [6.07, 6.45) is 10.4. The molecule has 0 spiro atoms. The minimum atomic E-state index is 0.0798. The third-order valence-electron chi connectivity index (χ3n) is 9.43. The predicted octanol–water partition coefficient (Wildman–Crippen LogP) is 10.5. The fraction of sp³-hybridized carbons (Fsp3) is 0.0233. The third kappa shape index (κ3) is 4.29. The lowest BCUT2D eigenvalue weighted by molar-refractivity contribution is -0.447. The fourth-order valence-electron chi connectivity index (χ4n) is 7.14. The first-order chi connectivity index (χ1) is 23.8. The first-order valence-electron chi connectivity index (χ1n) is 16.1. The van der Waals surface area contributed by atoms with Gasteiger partial charge in [-0.25, -0.2) is 9.56 Å². The van der Waals surface area contributed by atoms with E-state index < -0.39 is 0 Å². The van der Waals surface area contributed by atoms with Crippen LogP contribution in [-0.2, 0) is 0 Å². The van der Waals surface area contributed by atoms with E-state index in [0.717, 1.165) is 55.9 Å². The van der Waals surface area contributed by atoms with E-state index in [9.17, 15) is 0 Å². The number of fused-ring (bicyclic) bond motifs is 7. The average molecular weight is 632 g/mol. The Bertz CT molecular complexity index is 2720. The van der Waals surface area contributed by atoms with Gasteiger partial charge in [-0.1, -0.05) is 84.9 Å². The molecule has 4 nitrogen and oxygen atoms in total. The molecule has 0 saturated carbocycles. The number of hydrogen-bond acceptors (Lipinski definition) is 4. The summed E-state index contributed by atoms with van der Waals surface area (Å²) < 4.78 is 4.89. The molecule has 5 heteroatoms. The normalized spacial score (nSPS) is 15.6. The molecule has 1 aliphatic heterocycles. The first-order valence-corrected chi connectivity index (χ1v) is 17.0. The molecule has 0 amide bonds. The second kappa shape index (κ2) is 10.8. The highest BCUT2D eigenvalue weighted by Crippen LogP contribution is 2.42. The van der Waals surface area contributed by atoms with E-state index in [4.69, 9.17) is 9.98 Å². The molecule has 1 unspecified atom stereocenters. The zero-order valence-electron chi connectivity index (χ0n) is 25.8. The summed E-state index contributed by atoms with van der Waals surface area (Å²) in [5.74, 6) is 0.976. The number of rotatable bonds is 4. The smallest absolute Gasteiger partial charge is 0.254 e. The van der Waals surface area contributed by atoms with Crippen LogP contribution in [0.25, 0.3) is 64.4 Å². The molecule has 0 bridgehead atoms. The summed E-state index contributed by atoms with van der Waals surface area (Å²) in [6, 6.07) is 45.5. The van der Waals surface area contributed by atoms with Crippen LogP contribution in [0.2, 0.25) is 0 Å². The maximum atomic E-state index is 5.15.